The Morgan fingerprint density at radius 2 is 1.96 bits per heavy atom. The number of nitrogens with one attached hydrogen (secondary N) is 1. The highest BCUT2D eigenvalue weighted by atomic mass is 79.9. The van der Waals surface area contributed by atoms with Gasteiger partial charge in [0.25, 0.3) is 0 Å². The van der Waals surface area contributed by atoms with E-state index in [1.165, 1.54) is 0 Å². The molecule has 0 fully saturated rings. The van der Waals surface area contributed by atoms with Crippen molar-refractivity contribution in [2.75, 3.05) is 13.2 Å². The zero-order valence-corrected chi connectivity index (χ0v) is 17.4. The summed E-state index contributed by atoms with van der Waals surface area (Å²) < 4.78 is 12.6. The molecule has 0 radical (unpaired) electrons. The molecule has 2 rings (SSSR count). The van der Waals surface area contributed by atoms with Crippen LogP contribution in [0.3, 0.4) is 0 Å². The lowest BCUT2D eigenvalue weighted by Crippen LogP contribution is -2.31. The molecule has 1 atom stereocenters. The molecule has 0 saturated carbocycles. The SMILES string of the molecule is CCOc1cc(CNC(CC)CO)cc(Br)c1OCc1ccccc1Cl. The number of benzene rings is 2. The first-order chi connectivity index (χ1) is 12.6. The van der Waals surface area contributed by atoms with E-state index in [0.29, 0.717) is 36.3 Å². The Bertz CT molecular complexity index is 707. The predicted octanol–water partition coefficient (Wildman–Crippen LogP) is 4.94. The fourth-order valence-electron chi connectivity index (χ4n) is 2.49. The third-order valence-corrected chi connectivity index (χ3v) is 4.96. The smallest absolute Gasteiger partial charge is 0.175 e. The molecule has 2 aromatic rings. The molecule has 0 aliphatic rings. The van der Waals surface area contributed by atoms with Gasteiger partial charge in [-0.25, -0.2) is 0 Å². The van der Waals surface area contributed by atoms with Gasteiger partial charge in [-0.15, -0.1) is 0 Å². The molecule has 0 spiro atoms. The van der Waals surface area contributed by atoms with Crippen LogP contribution in [0.5, 0.6) is 11.5 Å². The van der Waals surface area contributed by atoms with E-state index in [2.05, 4.69) is 21.2 Å². The van der Waals surface area contributed by atoms with Gasteiger partial charge >= 0.3 is 0 Å². The van der Waals surface area contributed by atoms with Gasteiger partial charge < -0.3 is 19.9 Å². The summed E-state index contributed by atoms with van der Waals surface area (Å²) in [6.45, 7) is 5.65. The molecular formula is C20H25BrClNO3. The Hall–Kier alpha value is -1.27. The van der Waals surface area contributed by atoms with Crippen LogP contribution in [0.25, 0.3) is 0 Å². The van der Waals surface area contributed by atoms with Gasteiger partial charge in [-0.05, 0) is 53.0 Å². The average Bonchev–Trinajstić information content (AvgIpc) is 2.63. The standard InChI is InChI=1S/C20H25BrClNO3/c1-3-16(12-24)23-11-14-9-17(21)20(19(10-14)25-4-2)26-13-15-7-5-6-8-18(15)22/h5-10,16,23-24H,3-4,11-13H2,1-2H3. The van der Waals surface area contributed by atoms with Crippen molar-refractivity contribution in [3.05, 3.63) is 57.0 Å². The Balaban J connectivity index is 2.16. The Kier molecular flexibility index (Phi) is 8.72. The minimum Gasteiger partial charge on any atom is -0.490 e. The number of ether oxygens (including phenoxy) is 2. The van der Waals surface area contributed by atoms with E-state index >= 15 is 0 Å². The number of aliphatic hydroxyl groups excluding tert-OH is 1. The number of hydrogen-bond donors (Lipinski definition) is 2. The maximum atomic E-state index is 9.31. The summed E-state index contributed by atoms with van der Waals surface area (Å²) in [6.07, 6.45) is 0.870. The van der Waals surface area contributed by atoms with Crippen LogP contribution in [-0.2, 0) is 13.2 Å². The van der Waals surface area contributed by atoms with E-state index in [9.17, 15) is 5.11 Å². The van der Waals surface area contributed by atoms with Crippen LogP contribution in [0.2, 0.25) is 5.02 Å². The van der Waals surface area contributed by atoms with Crippen molar-refractivity contribution in [1.29, 1.82) is 0 Å². The zero-order valence-electron chi connectivity index (χ0n) is 15.1. The van der Waals surface area contributed by atoms with Crippen LogP contribution in [0, 0.1) is 0 Å². The lowest BCUT2D eigenvalue weighted by Gasteiger charge is -2.18. The maximum Gasteiger partial charge on any atom is 0.175 e. The number of rotatable bonds is 10. The van der Waals surface area contributed by atoms with E-state index in [1.54, 1.807) is 0 Å². The fraction of sp³-hybridized carbons (Fsp3) is 0.400. The van der Waals surface area contributed by atoms with E-state index in [4.69, 9.17) is 21.1 Å². The molecule has 0 aliphatic heterocycles. The Morgan fingerprint density at radius 3 is 2.62 bits per heavy atom. The van der Waals surface area contributed by atoms with Gasteiger partial charge in [-0.1, -0.05) is 36.7 Å². The first-order valence-electron chi connectivity index (χ1n) is 8.74. The summed E-state index contributed by atoms with van der Waals surface area (Å²) in [4.78, 5) is 0. The predicted molar refractivity (Wildman–Crippen MR) is 109 cm³/mol. The summed E-state index contributed by atoms with van der Waals surface area (Å²) in [7, 11) is 0. The normalized spacial score (nSPS) is 12.0. The van der Waals surface area contributed by atoms with E-state index < -0.39 is 0 Å². The van der Waals surface area contributed by atoms with Crippen LogP contribution >= 0.6 is 27.5 Å². The van der Waals surface area contributed by atoms with Gasteiger partial charge in [0, 0.05) is 23.2 Å². The molecule has 6 heteroatoms. The van der Waals surface area contributed by atoms with Gasteiger partial charge in [0.15, 0.2) is 11.5 Å². The molecule has 0 aliphatic carbocycles. The summed E-state index contributed by atoms with van der Waals surface area (Å²) in [6, 6.07) is 11.7. The monoisotopic (exact) mass is 441 g/mol. The highest BCUT2D eigenvalue weighted by molar-refractivity contribution is 9.10. The first-order valence-corrected chi connectivity index (χ1v) is 9.91. The van der Waals surface area contributed by atoms with Crippen LogP contribution in [-0.4, -0.2) is 24.4 Å². The van der Waals surface area contributed by atoms with Crippen LogP contribution in [0.15, 0.2) is 40.9 Å². The van der Waals surface area contributed by atoms with Crippen molar-refractivity contribution in [1.82, 2.24) is 5.32 Å². The van der Waals surface area contributed by atoms with Gasteiger partial charge in [0.2, 0.25) is 0 Å². The van der Waals surface area contributed by atoms with E-state index in [0.717, 1.165) is 22.0 Å². The molecule has 0 aromatic heterocycles. The summed E-state index contributed by atoms with van der Waals surface area (Å²) in [5, 5.41) is 13.3. The molecule has 1 unspecified atom stereocenters. The molecular weight excluding hydrogens is 418 g/mol. The molecule has 26 heavy (non-hydrogen) atoms. The van der Waals surface area contributed by atoms with Gasteiger partial charge in [0.1, 0.15) is 6.61 Å². The summed E-state index contributed by atoms with van der Waals surface area (Å²) in [5.41, 5.74) is 1.97. The minimum atomic E-state index is 0.0838. The third kappa shape index (κ3) is 5.88. The molecule has 0 bridgehead atoms. The molecule has 142 valence electrons. The topological polar surface area (TPSA) is 50.7 Å². The van der Waals surface area contributed by atoms with Crippen molar-refractivity contribution in [2.45, 2.75) is 39.5 Å². The number of halogens is 2. The van der Waals surface area contributed by atoms with Crippen LogP contribution < -0.4 is 14.8 Å². The summed E-state index contributed by atoms with van der Waals surface area (Å²) in [5.74, 6) is 1.34. The fourth-order valence-corrected chi connectivity index (χ4v) is 3.29. The largest absolute Gasteiger partial charge is 0.490 e. The number of aliphatic hydroxyl groups is 1. The summed E-state index contributed by atoms with van der Waals surface area (Å²) >= 11 is 9.79. The Labute approximate surface area is 168 Å². The highest BCUT2D eigenvalue weighted by Crippen LogP contribution is 2.37. The second-order valence-corrected chi connectivity index (χ2v) is 7.15. The zero-order chi connectivity index (χ0) is 18.9. The molecule has 4 nitrogen and oxygen atoms in total. The van der Waals surface area contributed by atoms with Crippen molar-refractivity contribution in [3.63, 3.8) is 0 Å². The second kappa shape index (κ2) is 10.8. The molecule has 2 N–H and O–H groups in total. The quantitative estimate of drug-likeness (QED) is 0.547. The minimum absolute atomic E-state index is 0.0838. The van der Waals surface area contributed by atoms with Crippen LogP contribution in [0.1, 0.15) is 31.4 Å². The van der Waals surface area contributed by atoms with Gasteiger partial charge in [-0.3, -0.25) is 0 Å². The van der Waals surface area contributed by atoms with Crippen molar-refractivity contribution in [3.8, 4) is 11.5 Å². The highest BCUT2D eigenvalue weighted by Gasteiger charge is 2.14. The first kappa shape index (κ1) is 21.0. The average molecular weight is 443 g/mol. The molecule has 0 saturated heterocycles. The van der Waals surface area contributed by atoms with Crippen molar-refractivity contribution >= 4 is 27.5 Å². The lowest BCUT2D eigenvalue weighted by atomic mass is 10.1. The van der Waals surface area contributed by atoms with Crippen molar-refractivity contribution in [2.24, 2.45) is 0 Å². The second-order valence-electron chi connectivity index (χ2n) is 5.89. The van der Waals surface area contributed by atoms with Gasteiger partial charge in [-0.2, -0.15) is 0 Å². The Morgan fingerprint density at radius 1 is 1.19 bits per heavy atom. The third-order valence-electron chi connectivity index (χ3n) is 4.01. The van der Waals surface area contributed by atoms with Gasteiger partial charge in [0.05, 0.1) is 17.7 Å². The molecule has 2 aromatic carbocycles. The maximum absolute atomic E-state index is 9.31. The van der Waals surface area contributed by atoms with E-state index in [1.807, 2.05) is 50.2 Å². The molecule has 0 heterocycles. The number of hydrogen-bond acceptors (Lipinski definition) is 4. The lowest BCUT2D eigenvalue weighted by molar-refractivity contribution is 0.238. The van der Waals surface area contributed by atoms with E-state index in [-0.39, 0.29) is 12.6 Å². The van der Waals surface area contributed by atoms with Crippen molar-refractivity contribution < 1.29 is 14.6 Å². The van der Waals surface area contributed by atoms with Crippen LogP contribution in [0.4, 0.5) is 0 Å². The molecule has 0 amide bonds.